The van der Waals surface area contributed by atoms with E-state index in [0.717, 1.165) is 5.56 Å². The molecular weight excluding hydrogens is 230 g/mol. The van der Waals surface area contributed by atoms with Gasteiger partial charge in [0.1, 0.15) is 5.75 Å². The minimum atomic E-state index is -0.851. The van der Waals surface area contributed by atoms with Crippen LogP contribution >= 0.6 is 12.4 Å². The van der Waals surface area contributed by atoms with E-state index in [-0.39, 0.29) is 24.7 Å². The minimum absolute atomic E-state index is 0. The third-order valence-electron chi connectivity index (χ3n) is 2.28. The normalized spacial score (nSPS) is 11.4. The highest BCUT2D eigenvalue weighted by molar-refractivity contribution is 5.85. The molecule has 0 fully saturated rings. The van der Waals surface area contributed by atoms with Gasteiger partial charge in [-0.25, -0.2) is 0 Å². The molecule has 0 radical (unpaired) electrons. The van der Waals surface area contributed by atoms with Crippen molar-refractivity contribution < 1.29 is 14.6 Å². The molecule has 16 heavy (non-hydrogen) atoms. The van der Waals surface area contributed by atoms with Gasteiger partial charge in [-0.3, -0.25) is 4.79 Å². The van der Waals surface area contributed by atoms with Crippen LogP contribution in [-0.4, -0.2) is 24.7 Å². The summed E-state index contributed by atoms with van der Waals surface area (Å²) in [6.45, 7) is 0.298. The van der Waals surface area contributed by atoms with E-state index in [1.807, 2.05) is 18.2 Å². The van der Waals surface area contributed by atoms with E-state index in [1.165, 1.54) is 0 Å². The van der Waals surface area contributed by atoms with Crippen LogP contribution in [0, 0.1) is 0 Å². The zero-order valence-electron chi connectivity index (χ0n) is 9.05. The maximum absolute atomic E-state index is 10.6. The van der Waals surface area contributed by atoms with E-state index in [2.05, 4.69) is 0 Å². The van der Waals surface area contributed by atoms with Crippen molar-refractivity contribution in [3.8, 4) is 5.75 Å². The van der Waals surface area contributed by atoms with Gasteiger partial charge in [-0.05, 0) is 18.2 Å². The van der Waals surface area contributed by atoms with Crippen LogP contribution in [0.4, 0.5) is 0 Å². The van der Waals surface area contributed by atoms with E-state index in [1.54, 1.807) is 13.2 Å². The van der Waals surface area contributed by atoms with Crippen molar-refractivity contribution in [3.63, 3.8) is 0 Å². The zero-order valence-corrected chi connectivity index (χ0v) is 9.87. The Labute approximate surface area is 101 Å². The molecule has 0 bridgehead atoms. The molecule has 5 heteroatoms. The van der Waals surface area contributed by atoms with Crippen LogP contribution in [-0.2, 0) is 4.79 Å². The summed E-state index contributed by atoms with van der Waals surface area (Å²) in [4.78, 5) is 10.6. The molecule has 0 spiro atoms. The van der Waals surface area contributed by atoms with Crippen LogP contribution in [0.1, 0.15) is 17.9 Å². The number of para-hydroxylation sites is 1. The molecule has 0 saturated carbocycles. The van der Waals surface area contributed by atoms with Crippen molar-refractivity contribution in [1.82, 2.24) is 0 Å². The van der Waals surface area contributed by atoms with Crippen LogP contribution in [0.3, 0.4) is 0 Å². The summed E-state index contributed by atoms with van der Waals surface area (Å²) < 4.78 is 5.16. The van der Waals surface area contributed by atoms with Crippen LogP contribution in [0.5, 0.6) is 5.75 Å². The molecule has 0 saturated heterocycles. The number of ether oxygens (including phenoxy) is 1. The highest BCUT2D eigenvalue weighted by Crippen LogP contribution is 2.27. The van der Waals surface area contributed by atoms with E-state index in [4.69, 9.17) is 15.6 Å². The maximum atomic E-state index is 10.6. The fourth-order valence-corrected chi connectivity index (χ4v) is 1.53. The lowest BCUT2D eigenvalue weighted by molar-refractivity contribution is -0.137. The Hall–Kier alpha value is -1.26. The van der Waals surface area contributed by atoms with Gasteiger partial charge in [0.15, 0.2) is 0 Å². The second-order valence-electron chi connectivity index (χ2n) is 3.27. The number of carboxylic acids is 1. The molecule has 1 aromatic carbocycles. The average Bonchev–Trinajstić information content (AvgIpc) is 2.25. The average molecular weight is 246 g/mol. The number of halogens is 1. The number of hydrogen-bond acceptors (Lipinski definition) is 3. The third kappa shape index (κ3) is 3.72. The van der Waals surface area contributed by atoms with Crippen LogP contribution in [0.25, 0.3) is 0 Å². The highest BCUT2D eigenvalue weighted by Gasteiger charge is 2.17. The van der Waals surface area contributed by atoms with Crippen molar-refractivity contribution >= 4 is 18.4 Å². The van der Waals surface area contributed by atoms with Crippen molar-refractivity contribution in [1.29, 1.82) is 0 Å². The number of nitrogens with two attached hydrogens (primary N) is 1. The number of aliphatic carboxylic acids is 1. The molecule has 1 unspecified atom stereocenters. The quantitative estimate of drug-likeness (QED) is 0.827. The SMILES string of the molecule is COc1ccccc1C(CN)CC(=O)O.Cl. The lowest BCUT2D eigenvalue weighted by Crippen LogP contribution is -2.16. The summed E-state index contributed by atoms with van der Waals surface area (Å²) in [6.07, 6.45) is 0.0247. The molecule has 3 N–H and O–H groups in total. The predicted octanol–water partition coefficient (Wildman–Crippen LogP) is 1.63. The number of carbonyl (C=O) groups is 1. The van der Waals surface area contributed by atoms with Gasteiger partial charge in [-0.15, -0.1) is 12.4 Å². The summed E-state index contributed by atoms with van der Waals surface area (Å²) in [5.74, 6) is -0.357. The first kappa shape index (κ1) is 14.7. The predicted molar refractivity (Wildman–Crippen MR) is 64.3 cm³/mol. The molecule has 0 amide bonds. The number of rotatable bonds is 5. The number of benzene rings is 1. The minimum Gasteiger partial charge on any atom is -0.496 e. The summed E-state index contributed by atoms with van der Waals surface area (Å²) in [6, 6.07) is 7.35. The van der Waals surface area contributed by atoms with Crippen LogP contribution < -0.4 is 10.5 Å². The van der Waals surface area contributed by atoms with Crippen LogP contribution in [0.2, 0.25) is 0 Å². The summed E-state index contributed by atoms with van der Waals surface area (Å²) >= 11 is 0. The first-order chi connectivity index (χ1) is 7.19. The molecule has 4 nitrogen and oxygen atoms in total. The topological polar surface area (TPSA) is 72.5 Å². The Morgan fingerprint density at radius 2 is 2.12 bits per heavy atom. The fraction of sp³-hybridized carbons (Fsp3) is 0.364. The zero-order chi connectivity index (χ0) is 11.3. The van der Waals surface area contributed by atoms with E-state index in [0.29, 0.717) is 12.3 Å². The molecule has 1 atom stereocenters. The standard InChI is InChI=1S/C11H15NO3.ClH/c1-15-10-5-3-2-4-9(10)8(7-12)6-11(13)14;/h2-5,8H,6-7,12H2,1H3,(H,13,14);1H. The maximum Gasteiger partial charge on any atom is 0.304 e. The van der Waals surface area contributed by atoms with Crippen LogP contribution in [0.15, 0.2) is 24.3 Å². The van der Waals surface area contributed by atoms with E-state index >= 15 is 0 Å². The largest absolute Gasteiger partial charge is 0.496 e. The molecule has 1 rings (SSSR count). The number of methoxy groups -OCH3 is 1. The van der Waals surface area contributed by atoms with Gasteiger partial charge >= 0.3 is 5.97 Å². The van der Waals surface area contributed by atoms with Crippen molar-refractivity contribution in [3.05, 3.63) is 29.8 Å². The second kappa shape index (κ2) is 7.09. The lowest BCUT2D eigenvalue weighted by atomic mass is 9.95. The van der Waals surface area contributed by atoms with Gasteiger partial charge < -0.3 is 15.6 Å². The van der Waals surface area contributed by atoms with E-state index < -0.39 is 5.97 Å². The van der Waals surface area contributed by atoms with Gasteiger partial charge in [-0.1, -0.05) is 18.2 Å². The van der Waals surface area contributed by atoms with Gasteiger partial charge in [-0.2, -0.15) is 0 Å². The van der Waals surface area contributed by atoms with Gasteiger partial charge in [0, 0.05) is 5.92 Å². The Kier molecular flexibility index (Phi) is 6.53. The Balaban J connectivity index is 0.00000225. The summed E-state index contributed by atoms with van der Waals surface area (Å²) in [5.41, 5.74) is 6.41. The van der Waals surface area contributed by atoms with Crippen molar-refractivity contribution in [2.75, 3.05) is 13.7 Å². The summed E-state index contributed by atoms with van der Waals surface area (Å²) in [7, 11) is 1.56. The van der Waals surface area contributed by atoms with E-state index in [9.17, 15) is 4.79 Å². The molecular formula is C11H16ClNO3. The van der Waals surface area contributed by atoms with Crippen molar-refractivity contribution in [2.45, 2.75) is 12.3 Å². The molecule has 0 aromatic heterocycles. The Morgan fingerprint density at radius 1 is 1.50 bits per heavy atom. The smallest absolute Gasteiger partial charge is 0.304 e. The molecule has 90 valence electrons. The second-order valence-corrected chi connectivity index (χ2v) is 3.27. The number of carboxylic acid groups (broad SMARTS) is 1. The summed E-state index contributed by atoms with van der Waals surface area (Å²) in [5, 5.41) is 8.74. The Bertz CT molecular complexity index is 344. The van der Waals surface area contributed by atoms with Gasteiger partial charge in [0.25, 0.3) is 0 Å². The first-order valence-electron chi connectivity index (χ1n) is 4.73. The lowest BCUT2D eigenvalue weighted by Gasteiger charge is -2.15. The molecule has 0 heterocycles. The highest BCUT2D eigenvalue weighted by atomic mass is 35.5. The molecule has 0 aliphatic heterocycles. The third-order valence-corrected chi connectivity index (χ3v) is 2.28. The molecule has 0 aliphatic carbocycles. The number of hydrogen-bond donors (Lipinski definition) is 2. The monoisotopic (exact) mass is 245 g/mol. The molecule has 0 aliphatic rings. The fourth-order valence-electron chi connectivity index (χ4n) is 1.53. The first-order valence-corrected chi connectivity index (χ1v) is 4.73. The van der Waals surface area contributed by atoms with Gasteiger partial charge in [0.2, 0.25) is 0 Å². The van der Waals surface area contributed by atoms with Gasteiger partial charge in [0.05, 0.1) is 13.5 Å². The van der Waals surface area contributed by atoms with Crippen molar-refractivity contribution in [2.24, 2.45) is 5.73 Å². The Morgan fingerprint density at radius 3 is 2.62 bits per heavy atom. The molecule has 1 aromatic rings.